The first-order valence-electron chi connectivity index (χ1n) is 6.85. The van der Waals surface area contributed by atoms with Crippen molar-refractivity contribution >= 4 is 0 Å². The summed E-state index contributed by atoms with van der Waals surface area (Å²) in [6, 6.07) is 3.96. The third-order valence-electron chi connectivity index (χ3n) is 2.73. The van der Waals surface area contributed by atoms with E-state index in [4.69, 9.17) is 19.7 Å². The van der Waals surface area contributed by atoms with Gasteiger partial charge in [0.05, 0.1) is 39.6 Å². The van der Waals surface area contributed by atoms with Crippen LogP contribution in [-0.2, 0) is 16.0 Å². The lowest BCUT2D eigenvalue weighted by Gasteiger charge is -2.22. The van der Waals surface area contributed by atoms with E-state index in [2.05, 4.69) is 9.88 Å². The maximum atomic E-state index is 8.68. The summed E-state index contributed by atoms with van der Waals surface area (Å²) in [5.74, 6) is 0. The predicted molar refractivity (Wildman–Crippen MR) is 75.3 cm³/mol. The van der Waals surface area contributed by atoms with Crippen molar-refractivity contribution in [3.05, 3.63) is 30.1 Å². The van der Waals surface area contributed by atoms with Crippen LogP contribution < -0.4 is 0 Å². The number of nitrogens with zero attached hydrogens (tertiary/aromatic N) is 2. The summed E-state index contributed by atoms with van der Waals surface area (Å²) >= 11 is 0. The van der Waals surface area contributed by atoms with Gasteiger partial charge in [0.2, 0.25) is 0 Å². The molecule has 0 unspecified atom stereocenters. The van der Waals surface area contributed by atoms with Crippen LogP contribution in [0.15, 0.2) is 24.5 Å². The van der Waals surface area contributed by atoms with E-state index in [9.17, 15) is 0 Å². The van der Waals surface area contributed by atoms with E-state index in [1.54, 1.807) is 12.4 Å². The molecule has 1 aromatic heterocycles. The first-order chi connectivity index (χ1) is 9.86. The molecule has 0 fully saturated rings. The molecule has 0 aromatic carbocycles. The van der Waals surface area contributed by atoms with Gasteiger partial charge < -0.3 is 19.7 Å². The number of aliphatic hydroxyl groups excluding tert-OH is 2. The zero-order chi connectivity index (χ0) is 14.5. The van der Waals surface area contributed by atoms with Crippen molar-refractivity contribution < 1.29 is 19.7 Å². The zero-order valence-electron chi connectivity index (χ0n) is 11.8. The molecule has 0 bridgehead atoms. The van der Waals surface area contributed by atoms with E-state index in [0.717, 1.165) is 19.6 Å². The number of aliphatic hydroxyl groups is 2. The summed E-state index contributed by atoms with van der Waals surface area (Å²) in [6.45, 7) is 4.31. The van der Waals surface area contributed by atoms with Crippen molar-refractivity contribution in [3.63, 3.8) is 0 Å². The molecular formula is C14H24N2O4. The lowest BCUT2D eigenvalue weighted by atomic mass is 10.2. The molecule has 0 saturated heterocycles. The highest BCUT2D eigenvalue weighted by atomic mass is 16.5. The van der Waals surface area contributed by atoms with Gasteiger partial charge in [0.25, 0.3) is 0 Å². The van der Waals surface area contributed by atoms with Gasteiger partial charge in [-0.3, -0.25) is 9.88 Å². The lowest BCUT2D eigenvalue weighted by Crippen LogP contribution is -2.31. The Morgan fingerprint density at radius 2 is 1.45 bits per heavy atom. The Balaban J connectivity index is 2.33. The Bertz CT molecular complexity index is 312. The smallest absolute Gasteiger partial charge is 0.0698 e. The van der Waals surface area contributed by atoms with Gasteiger partial charge in [-0.15, -0.1) is 0 Å². The molecule has 1 rings (SSSR count). The fraction of sp³-hybridized carbons (Fsp3) is 0.643. The Labute approximate surface area is 120 Å². The summed E-state index contributed by atoms with van der Waals surface area (Å²) in [5.41, 5.74) is 1.18. The molecule has 0 spiro atoms. The van der Waals surface area contributed by atoms with Crippen LogP contribution in [0.1, 0.15) is 5.56 Å². The molecule has 20 heavy (non-hydrogen) atoms. The normalized spacial score (nSPS) is 11.2. The lowest BCUT2D eigenvalue weighted by molar-refractivity contribution is 0.0486. The minimum atomic E-state index is 0.0456. The first kappa shape index (κ1) is 17.0. The number of hydrogen-bond acceptors (Lipinski definition) is 6. The van der Waals surface area contributed by atoms with Gasteiger partial charge >= 0.3 is 0 Å². The van der Waals surface area contributed by atoms with Crippen molar-refractivity contribution in [1.29, 1.82) is 0 Å². The Morgan fingerprint density at radius 3 is 1.95 bits per heavy atom. The molecule has 0 aliphatic heterocycles. The first-order valence-corrected chi connectivity index (χ1v) is 6.85. The van der Waals surface area contributed by atoms with Gasteiger partial charge in [0.1, 0.15) is 0 Å². The van der Waals surface area contributed by atoms with Gasteiger partial charge in [-0.05, 0) is 17.7 Å². The third-order valence-corrected chi connectivity index (χ3v) is 2.73. The summed E-state index contributed by atoms with van der Waals surface area (Å²) in [5, 5.41) is 17.4. The summed E-state index contributed by atoms with van der Waals surface area (Å²) in [4.78, 5) is 6.21. The highest BCUT2D eigenvalue weighted by Crippen LogP contribution is 2.03. The van der Waals surface area contributed by atoms with E-state index >= 15 is 0 Å². The summed E-state index contributed by atoms with van der Waals surface area (Å²) in [7, 11) is 0. The highest BCUT2D eigenvalue weighted by Gasteiger charge is 2.06. The summed E-state index contributed by atoms with van der Waals surface area (Å²) in [6.07, 6.45) is 3.55. The SMILES string of the molecule is OCCOCCN(CCOCCO)Cc1ccncc1. The van der Waals surface area contributed by atoms with Gasteiger partial charge in [0, 0.05) is 32.0 Å². The molecule has 6 heteroatoms. The van der Waals surface area contributed by atoms with Crippen molar-refractivity contribution in [2.24, 2.45) is 0 Å². The van der Waals surface area contributed by atoms with Crippen LogP contribution in [0.25, 0.3) is 0 Å². The topological polar surface area (TPSA) is 75.1 Å². The van der Waals surface area contributed by atoms with E-state index < -0.39 is 0 Å². The summed E-state index contributed by atoms with van der Waals surface area (Å²) < 4.78 is 10.6. The average Bonchev–Trinajstić information content (AvgIpc) is 2.49. The molecule has 2 N–H and O–H groups in total. The van der Waals surface area contributed by atoms with Crippen LogP contribution in [0.2, 0.25) is 0 Å². The van der Waals surface area contributed by atoms with Crippen LogP contribution in [0, 0.1) is 0 Å². The van der Waals surface area contributed by atoms with Crippen LogP contribution in [-0.4, -0.2) is 72.8 Å². The number of aromatic nitrogens is 1. The average molecular weight is 284 g/mol. The Morgan fingerprint density at radius 1 is 0.900 bits per heavy atom. The molecule has 1 aromatic rings. The second-order valence-corrected chi connectivity index (χ2v) is 4.30. The van der Waals surface area contributed by atoms with Crippen molar-refractivity contribution in [2.45, 2.75) is 6.54 Å². The molecular weight excluding hydrogens is 260 g/mol. The van der Waals surface area contributed by atoms with E-state index in [-0.39, 0.29) is 13.2 Å². The van der Waals surface area contributed by atoms with Crippen LogP contribution in [0.4, 0.5) is 0 Å². The second-order valence-electron chi connectivity index (χ2n) is 4.30. The van der Waals surface area contributed by atoms with E-state index in [1.165, 1.54) is 5.56 Å². The zero-order valence-corrected chi connectivity index (χ0v) is 11.8. The predicted octanol–water partition coefficient (Wildman–Crippen LogP) is -0.0986. The molecule has 0 aliphatic carbocycles. The molecule has 0 saturated carbocycles. The standard InChI is InChI=1S/C14H24N2O4/c17-7-11-19-9-5-16(6-10-20-12-8-18)13-14-1-3-15-4-2-14/h1-4,17-18H,5-13H2. The van der Waals surface area contributed by atoms with Crippen LogP contribution >= 0.6 is 0 Å². The maximum Gasteiger partial charge on any atom is 0.0698 e. The third kappa shape index (κ3) is 8.19. The van der Waals surface area contributed by atoms with Crippen LogP contribution in [0.5, 0.6) is 0 Å². The number of pyridine rings is 1. The molecule has 1 heterocycles. The molecule has 114 valence electrons. The fourth-order valence-electron chi connectivity index (χ4n) is 1.74. The second kappa shape index (κ2) is 11.7. The van der Waals surface area contributed by atoms with Crippen LogP contribution in [0.3, 0.4) is 0 Å². The maximum absolute atomic E-state index is 8.68. The Hall–Kier alpha value is -1.05. The largest absolute Gasteiger partial charge is 0.394 e. The quantitative estimate of drug-likeness (QED) is 0.522. The Kier molecular flexibility index (Phi) is 9.99. The van der Waals surface area contributed by atoms with Gasteiger partial charge in [-0.1, -0.05) is 0 Å². The van der Waals surface area contributed by atoms with Crippen molar-refractivity contribution in [1.82, 2.24) is 9.88 Å². The monoisotopic (exact) mass is 284 g/mol. The van der Waals surface area contributed by atoms with E-state index in [1.807, 2.05) is 12.1 Å². The van der Waals surface area contributed by atoms with Gasteiger partial charge in [-0.2, -0.15) is 0 Å². The van der Waals surface area contributed by atoms with E-state index in [0.29, 0.717) is 26.4 Å². The van der Waals surface area contributed by atoms with Crippen molar-refractivity contribution in [2.75, 3.05) is 52.7 Å². The highest BCUT2D eigenvalue weighted by molar-refractivity contribution is 5.09. The minimum absolute atomic E-state index is 0.0456. The molecule has 6 nitrogen and oxygen atoms in total. The molecule has 0 atom stereocenters. The fourth-order valence-corrected chi connectivity index (χ4v) is 1.74. The number of ether oxygens (including phenoxy) is 2. The molecule has 0 radical (unpaired) electrons. The van der Waals surface area contributed by atoms with Gasteiger partial charge in [-0.25, -0.2) is 0 Å². The number of hydrogen-bond donors (Lipinski definition) is 2. The van der Waals surface area contributed by atoms with Crippen molar-refractivity contribution in [3.8, 4) is 0 Å². The minimum Gasteiger partial charge on any atom is -0.394 e. The number of rotatable bonds is 12. The molecule has 0 amide bonds. The van der Waals surface area contributed by atoms with Gasteiger partial charge in [0.15, 0.2) is 0 Å². The molecule has 0 aliphatic rings.